The van der Waals surface area contributed by atoms with Gasteiger partial charge in [-0.1, -0.05) is 29.8 Å². The Morgan fingerprint density at radius 2 is 1.68 bits per heavy atom. The van der Waals surface area contributed by atoms with Crippen LogP contribution in [0.1, 0.15) is 16.7 Å². The number of halogens is 1. The topological polar surface area (TPSA) is 58.3 Å². The third-order valence-electron chi connectivity index (χ3n) is 5.92. The largest absolute Gasteiger partial charge is 0.337 e. The molecule has 166 valence electrons. The Morgan fingerprint density at radius 3 is 2.32 bits per heavy atom. The van der Waals surface area contributed by atoms with E-state index in [0.29, 0.717) is 25.3 Å². The van der Waals surface area contributed by atoms with Crippen molar-refractivity contribution in [3.05, 3.63) is 65.0 Å². The van der Waals surface area contributed by atoms with Crippen molar-refractivity contribution in [1.82, 2.24) is 4.90 Å². The summed E-state index contributed by atoms with van der Waals surface area (Å²) in [7, 11) is 1.86. The van der Waals surface area contributed by atoms with Crippen molar-refractivity contribution >= 4 is 17.5 Å². The summed E-state index contributed by atoms with van der Waals surface area (Å²) in [5, 5.41) is 2.75. The molecule has 1 aliphatic heterocycles. The molecule has 6 nitrogen and oxygen atoms in total. The Balaban J connectivity index is 1.40. The molecule has 0 bridgehead atoms. The summed E-state index contributed by atoms with van der Waals surface area (Å²) in [6, 6.07) is 12.2. The molecule has 0 atom stereocenters. The summed E-state index contributed by atoms with van der Waals surface area (Å²) in [5.74, 6) is -0.342. The highest BCUT2D eigenvalue weighted by atomic mass is 19.1. The number of amides is 2. The van der Waals surface area contributed by atoms with Gasteiger partial charge in [0, 0.05) is 19.3 Å². The number of benzene rings is 2. The molecule has 0 spiro atoms. The van der Waals surface area contributed by atoms with E-state index >= 15 is 0 Å². The van der Waals surface area contributed by atoms with Gasteiger partial charge in [-0.15, -0.1) is 0 Å². The van der Waals surface area contributed by atoms with Gasteiger partial charge in [-0.3, -0.25) is 9.59 Å². The fraction of sp³-hybridized carbons (Fsp3) is 0.417. The number of likely N-dealkylation sites (N-methyl/N-ethyl adjacent to an activating group) is 1. The van der Waals surface area contributed by atoms with Crippen LogP contribution in [0.15, 0.2) is 42.5 Å². The summed E-state index contributed by atoms with van der Waals surface area (Å²) in [4.78, 5) is 29.2. The van der Waals surface area contributed by atoms with Crippen LogP contribution >= 0.6 is 0 Å². The molecule has 2 amide bonds. The van der Waals surface area contributed by atoms with Gasteiger partial charge >= 0.3 is 0 Å². The van der Waals surface area contributed by atoms with E-state index < -0.39 is 0 Å². The molecule has 3 rings (SSSR count). The van der Waals surface area contributed by atoms with Gasteiger partial charge in [0.2, 0.25) is 0 Å². The van der Waals surface area contributed by atoms with E-state index in [0.717, 1.165) is 26.2 Å². The molecule has 0 radical (unpaired) electrons. The Bertz CT molecular complexity index is 926. The Kier molecular flexibility index (Phi) is 7.76. The number of rotatable bonds is 7. The molecule has 0 unspecified atom stereocenters. The number of anilines is 1. The molecule has 0 saturated carbocycles. The van der Waals surface area contributed by atoms with Gasteiger partial charge in [0.1, 0.15) is 32.0 Å². The monoisotopic (exact) mass is 428 g/mol. The minimum atomic E-state index is -0.366. The second-order valence-electron chi connectivity index (χ2n) is 8.59. The van der Waals surface area contributed by atoms with Crippen molar-refractivity contribution in [2.75, 3.05) is 51.6 Å². The first-order valence-corrected chi connectivity index (χ1v) is 10.8. The average molecular weight is 429 g/mol. The van der Waals surface area contributed by atoms with Crippen LogP contribution < -0.4 is 15.1 Å². The first-order chi connectivity index (χ1) is 14.8. The van der Waals surface area contributed by atoms with Crippen LogP contribution in [0.4, 0.5) is 10.1 Å². The molecular weight excluding hydrogens is 395 g/mol. The molecule has 1 aliphatic rings. The highest BCUT2D eigenvalue weighted by Crippen LogP contribution is 2.12. The standard InChI is InChI=1S/C24H31FN4O2/c1-18-7-8-20(19(2)13-18)15-27(3)24(31)17-29-11-9-28(10-12-29)16-23(30)26-22-6-4-5-21(25)14-22/h4-8,13-14H,9-12,15-17H2,1-3H3,(H,26,30)/p+2. The fourth-order valence-electron chi connectivity index (χ4n) is 4.02. The molecule has 1 saturated heterocycles. The summed E-state index contributed by atoms with van der Waals surface area (Å²) in [6.45, 7) is 8.97. The molecule has 0 aliphatic carbocycles. The normalized spacial score (nSPS) is 18.5. The van der Waals surface area contributed by atoms with E-state index in [1.807, 2.05) is 7.05 Å². The van der Waals surface area contributed by atoms with Gasteiger partial charge in [0.15, 0.2) is 13.1 Å². The SMILES string of the molecule is Cc1ccc(CN(C)C(=O)C[NH+]2CC[NH+](CC(=O)Nc3cccc(F)c3)CC2)c(C)c1. The zero-order valence-corrected chi connectivity index (χ0v) is 18.6. The minimum Gasteiger partial charge on any atom is -0.337 e. The van der Waals surface area contributed by atoms with Gasteiger partial charge in [-0.05, 0) is 43.2 Å². The van der Waals surface area contributed by atoms with Crippen molar-refractivity contribution in [2.45, 2.75) is 20.4 Å². The number of carbonyl (C=O) groups excluding carboxylic acids is 2. The smallest absolute Gasteiger partial charge is 0.279 e. The highest BCUT2D eigenvalue weighted by Gasteiger charge is 2.27. The zero-order valence-electron chi connectivity index (χ0n) is 18.6. The zero-order chi connectivity index (χ0) is 22.4. The van der Waals surface area contributed by atoms with Crippen LogP contribution in [-0.4, -0.2) is 63.0 Å². The van der Waals surface area contributed by atoms with E-state index in [9.17, 15) is 14.0 Å². The van der Waals surface area contributed by atoms with E-state index in [4.69, 9.17) is 0 Å². The number of nitrogens with zero attached hydrogens (tertiary/aromatic N) is 1. The van der Waals surface area contributed by atoms with Gasteiger partial charge in [0.25, 0.3) is 11.8 Å². The Morgan fingerprint density at radius 1 is 1.00 bits per heavy atom. The first kappa shape index (κ1) is 22.9. The number of nitrogens with one attached hydrogen (secondary N) is 3. The summed E-state index contributed by atoms with van der Waals surface area (Å²) < 4.78 is 13.2. The third-order valence-corrected chi connectivity index (χ3v) is 5.92. The number of hydrogen-bond acceptors (Lipinski definition) is 2. The van der Waals surface area contributed by atoms with Crippen LogP contribution in [-0.2, 0) is 16.1 Å². The third kappa shape index (κ3) is 6.87. The predicted molar refractivity (Wildman–Crippen MR) is 119 cm³/mol. The van der Waals surface area contributed by atoms with Crippen LogP contribution in [0.5, 0.6) is 0 Å². The second kappa shape index (κ2) is 10.5. The molecule has 7 heteroatoms. The van der Waals surface area contributed by atoms with Crippen molar-refractivity contribution in [1.29, 1.82) is 0 Å². The van der Waals surface area contributed by atoms with E-state index in [1.165, 1.54) is 38.6 Å². The number of piperazine rings is 1. The van der Waals surface area contributed by atoms with Gasteiger partial charge in [-0.25, -0.2) is 4.39 Å². The molecule has 2 aromatic rings. The Hall–Kier alpha value is -2.77. The molecular formula is C24H33FN4O2+2. The fourth-order valence-corrected chi connectivity index (χ4v) is 4.02. The van der Waals surface area contributed by atoms with Crippen molar-refractivity contribution < 1.29 is 23.8 Å². The number of carbonyl (C=O) groups is 2. The van der Waals surface area contributed by atoms with Crippen LogP contribution in [0, 0.1) is 19.7 Å². The Labute approximate surface area is 183 Å². The lowest BCUT2D eigenvalue weighted by molar-refractivity contribution is -1.00. The predicted octanol–water partition coefficient (Wildman–Crippen LogP) is -0.177. The molecule has 1 fully saturated rings. The first-order valence-electron chi connectivity index (χ1n) is 10.8. The van der Waals surface area contributed by atoms with Crippen LogP contribution in [0.3, 0.4) is 0 Å². The van der Waals surface area contributed by atoms with Crippen LogP contribution in [0.2, 0.25) is 0 Å². The molecule has 0 aromatic heterocycles. The van der Waals surface area contributed by atoms with E-state index in [1.54, 1.807) is 17.0 Å². The maximum absolute atomic E-state index is 13.2. The average Bonchev–Trinajstić information content (AvgIpc) is 2.71. The lowest BCUT2D eigenvalue weighted by Crippen LogP contribution is -3.28. The number of quaternary nitrogens is 2. The maximum atomic E-state index is 13.2. The van der Waals surface area contributed by atoms with Crippen molar-refractivity contribution in [3.63, 3.8) is 0 Å². The molecule has 3 N–H and O–H groups in total. The van der Waals surface area contributed by atoms with Crippen molar-refractivity contribution in [2.24, 2.45) is 0 Å². The second-order valence-corrected chi connectivity index (χ2v) is 8.59. The summed E-state index contributed by atoms with van der Waals surface area (Å²) in [6.07, 6.45) is 0. The van der Waals surface area contributed by atoms with E-state index in [2.05, 4.69) is 37.4 Å². The van der Waals surface area contributed by atoms with E-state index in [-0.39, 0.29) is 17.6 Å². The molecule has 31 heavy (non-hydrogen) atoms. The lowest BCUT2D eigenvalue weighted by Gasteiger charge is -2.30. The highest BCUT2D eigenvalue weighted by molar-refractivity contribution is 5.91. The quantitative estimate of drug-likeness (QED) is 0.573. The lowest BCUT2D eigenvalue weighted by atomic mass is 10.1. The number of aryl methyl sites for hydroxylation is 2. The molecule has 1 heterocycles. The van der Waals surface area contributed by atoms with Gasteiger partial charge in [-0.2, -0.15) is 0 Å². The minimum absolute atomic E-state index is 0.117. The van der Waals surface area contributed by atoms with Crippen molar-refractivity contribution in [3.8, 4) is 0 Å². The molecule has 2 aromatic carbocycles. The summed E-state index contributed by atoms with van der Waals surface area (Å²) in [5.41, 5.74) is 4.09. The van der Waals surface area contributed by atoms with Crippen LogP contribution in [0.25, 0.3) is 0 Å². The summed E-state index contributed by atoms with van der Waals surface area (Å²) >= 11 is 0. The maximum Gasteiger partial charge on any atom is 0.279 e. The van der Waals surface area contributed by atoms with Gasteiger partial charge in [0.05, 0.1) is 0 Å². The number of hydrogen-bond donors (Lipinski definition) is 3. The van der Waals surface area contributed by atoms with Gasteiger partial charge < -0.3 is 20.0 Å².